The molecule has 5 rings (SSSR count). The molecule has 1 N–H and O–H groups in total. The number of carbonyl (C=O) groups excluding carboxylic acids is 2. The van der Waals surface area contributed by atoms with Crippen LogP contribution in [0.5, 0.6) is 0 Å². The van der Waals surface area contributed by atoms with Gasteiger partial charge in [-0.3, -0.25) is 9.59 Å². The predicted molar refractivity (Wildman–Crippen MR) is 124 cm³/mol. The van der Waals surface area contributed by atoms with E-state index in [0.717, 1.165) is 52.1 Å². The maximum absolute atomic E-state index is 12.6. The molecular formula is C22H19N5O2S2. The van der Waals surface area contributed by atoms with Gasteiger partial charge in [0.2, 0.25) is 0 Å². The number of aromatic nitrogens is 2. The van der Waals surface area contributed by atoms with Crippen molar-refractivity contribution >= 4 is 57.3 Å². The van der Waals surface area contributed by atoms with Crippen LogP contribution in [0.3, 0.4) is 0 Å². The molecule has 0 radical (unpaired) electrons. The van der Waals surface area contributed by atoms with Gasteiger partial charge in [-0.2, -0.15) is 8.75 Å². The zero-order valence-electron chi connectivity index (χ0n) is 16.5. The Bertz CT molecular complexity index is 1210. The first-order valence-corrected chi connectivity index (χ1v) is 11.5. The second-order valence-electron chi connectivity index (χ2n) is 7.23. The van der Waals surface area contributed by atoms with Crippen LogP contribution >= 0.6 is 23.1 Å². The molecule has 31 heavy (non-hydrogen) atoms. The third kappa shape index (κ3) is 4.14. The van der Waals surface area contributed by atoms with Crippen LogP contribution in [0.15, 0.2) is 60.0 Å². The molecule has 9 heteroatoms. The molecule has 0 aliphatic carbocycles. The van der Waals surface area contributed by atoms with Crippen LogP contribution in [0.4, 0.5) is 11.4 Å². The number of nitrogens with one attached hydrogen (secondary N) is 1. The zero-order valence-corrected chi connectivity index (χ0v) is 18.2. The lowest BCUT2D eigenvalue weighted by molar-refractivity contribution is 0.0751. The fourth-order valence-corrected chi connectivity index (χ4v) is 4.81. The molecule has 156 valence electrons. The Morgan fingerprint density at radius 2 is 1.68 bits per heavy atom. The maximum atomic E-state index is 12.6. The zero-order chi connectivity index (χ0) is 21.2. The van der Waals surface area contributed by atoms with Crippen molar-refractivity contribution in [3.63, 3.8) is 0 Å². The number of nitrogens with zero attached hydrogens (tertiary/aromatic N) is 4. The quantitative estimate of drug-likeness (QED) is 0.510. The number of hydrogen-bond donors (Lipinski definition) is 1. The van der Waals surface area contributed by atoms with Crippen LogP contribution in [0.25, 0.3) is 11.0 Å². The van der Waals surface area contributed by atoms with E-state index in [4.69, 9.17) is 0 Å². The minimum atomic E-state index is -0.177. The van der Waals surface area contributed by atoms with Crippen molar-refractivity contribution in [2.45, 2.75) is 0 Å². The van der Waals surface area contributed by atoms with Gasteiger partial charge in [0, 0.05) is 43.1 Å². The average Bonchev–Trinajstić information content (AvgIpc) is 3.51. The molecule has 1 saturated heterocycles. The maximum Gasteiger partial charge on any atom is 0.264 e. The van der Waals surface area contributed by atoms with Crippen molar-refractivity contribution in [3.05, 3.63) is 70.4 Å². The first kappa shape index (κ1) is 19.7. The number of amides is 2. The molecular weight excluding hydrogens is 430 g/mol. The predicted octanol–water partition coefficient (Wildman–Crippen LogP) is 3.97. The first-order chi connectivity index (χ1) is 15.2. The summed E-state index contributed by atoms with van der Waals surface area (Å²) in [6, 6.07) is 16.9. The second-order valence-corrected chi connectivity index (χ2v) is 8.70. The summed E-state index contributed by atoms with van der Waals surface area (Å²) in [5.74, 6) is -0.0670. The van der Waals surface area contributed by atoms with Gasteiger partial charge in [0.25, 0.3) is 11.8 Å². The SMILES string of the molecule is O=C(Nc1ccc(N2CCN(C(=O)c3cccs3)CC2)cc1)c1ccc2nsnc2c1. The third-order valence-corrected chi connectivity index (χ3v) is 6.72. The van der Waals surface area contributed by atoms with Gasteiger partial charge in [-0.1, -0.05) is 6.07 Å². The van der Waals surface area contributed by atoms with E-state index in [-0.39, 0.29) is 11.8 Å². The summed E-state index contributed by atoms with van der Waals surface area (Å²) < 4.78 is 8.34. The highest BCUT2D eigenvalue weighted by molar-refractivity contribution is 7.12. The van der Waals surface area contributed by atoms with Crippen molar-refractivity contribution in [1.29, 1.82) is 0 Å². The van der Waals surface area contributed by atoms with E-state index in [2.05, 4.69) is 19.0 Å². The van der Waals surface area contributed by atoms with Gasteiger partial charge in [-0.25, -0.2) is 0 Å². The van der Waals surface area contributed by atoms with Crippen LogP contribution in [-0.2, 0) is 0 Å². The molecule has 0 spiro atoms. The summed E-state index contributed by atoms with van der Waals surface area (Å²) in [6.07, 6.45) is 0. The molecule has 0 atom stereocenters. The minimum Gasteiger partial charge on any atom is -0.368 e. The molecule has 7 nitrogen and oxygen atoms in total. The van der Waals surface area contributed by atoms with Gasteiger partial charge in [-0.15, -0.1) is 11.3 Å². The van der Waals surface area contributed by atoms with Crippen LogP contribution < -0.4 is 10.2 Å². The summed E-state index contributed by atoms with van der Waals surface area (Å²) in [7, 11) is 0. The number of piperazine rings is 1. The lowest BCUT2D eigenvalue weighted by Crippen LogP contribution is -2.48. The van der Waals surface area contributed by atoms with Crippen molar-refractivity contribution < 1.29 is 9.59 Å². The Morgan fingerprint density at radius 3 is 2.42 bits per heavy atom. The van der Waals surface area contributed by atoms with Gasteiger partial charge in [0.05, 0.1) is 16.6 Å². The van der Waals surface area contributed by atoms with Crippen molar-refractivity contribution in [2.75, 3.05) is 36.4 Å². The molecule has 2 amide bonds. The summed E-state index contributed by atoms with van der Waals surface area (Å²) in [4.78, 5) is 30.0. The monoisotopic (exact) mass is 449 g/mol. The standard InChI is InChI=1S/C22H19N5O2S2/c28-21(15-3-8-18-19(14-15)25-31-24-18)23-16-4-6-17(7-5-16)26-9-11-27(12-10-26)22(29)20-2-1-13-30-20/h1-8,13-14H,9-12H2,(H,23,28). The summed E-state index contributed by atoms with van der Waals surface area (Å²) in [5, 5.41) is 4.86. The number of rotatable bonds is 4. The summed E-state index contributed by atoms with van der Waals surface area (Å²) in [6.45, 7) is 2.96. The lowest BCUT2D eigenvalue weighted by atomic mass is 10.1. The van der Waals surface area contributed by atoms with Crippen LogP contribution in [0.2, 0.25) is 0 Å². The van der Waals surface area contributed by atoms with Gasteiger partial charge in [-0.05, 0) is 53.9 Å². The smallest absolute Gasteiger partial charge is 0.264 e. The highest BCUT2D eigenvalue weighted by Gasteiger charge is 2.22. The normalized spacial score (nSPS) is 14.1. The lowest BCUT2D eigenvalue weighted by Gasteiger charge is -2.36. The van der Waals surface area contributed by atoms with E-state index in [1.54, 1.807) is 18.2 Å². The van der Waals surface area contributed by atoms with Crippen molar-refractivity contribution in [2.24, 2.45) is 0 Å². The molecule has 1 aliphatic heterocycles. The summed E-state index contributed by atoms with van der Waals surface area (Å²) >= 11 is 2.62. The third-order valence-electron chi connectivity index (χ3n) is 5.31. The van der Waals surface area contributed by atoms with Gasteiger partial charge in [0.15, 0.2) is 0 Å². The van der Waals surface area contributed by atoms with Crippen molar-refractivity contribution in [1.82, 2.24) is 13.6 Å². The number of benzene rings is 2. The van der Waals surface area contributed by atoms with E-state index >= 15 is 0 Å². The van der Waals surface area contributed by atoms with E-state index in [9.17, 15) is 9.59 Å². The highest BCUT2D eigenvalue weighted by Crippen LogP contribution is 2.22. The second kappa shape index (κ2) is 8.44. The van der Waals surface area contributed by atoms with E-state index in [0.29, 0.717) is 18.7 Å². The Morgan fingerprint density at radius 1 is 0.903 bits per heavy atom. The van der Waals surface area contributed by atoms with Gasteiger partial charge < -0.3 is 15.1 Å². The highest BCUT2D eigenvalue weighted by atomic mass is 32.1. The molecule has 0 bridgehead atoms. The summed E-state index contributed by atoms with van der Waals surface area (Å²) in [5.41, 5.74) is 3.89. The molecule has 1 aliphatic rings. The molecule has 2 aromatic carbocycles. The Labute approximate surface area is 187 Å². The topological polar surface area (TPSA) is 78.4 Å². The molecule has 1 fully saturated rings. The molecule has 3 heterocycles. The number of hydrogen-bond acceptors (Lipinski definition) is 7. The molecule has 0 unspecified atom stereocenters. The molecule has 0 saturated carbocycles. The fourth-order valence-electron chi connectivity index (χ4n) is 3.61. The van der Waals surface area contributed by atoms with Crippen molar-refractivity contribution in [3.8, 4) is 0 Å². The van der Waals surface area contributed by atoms with Crippen LogP contribution in [0.1, 0.15) is 20.0 Å². The molecule has 4 aromatic rings. The molecule has 2 aromatic heterocycles. The Kier molecular flexibility index (Phi) is 5.35. The fraction of sp³-hybridized carbons (Fsp3) is 0.182. The largest absolute Gasteiger partial charge is 0.368 e. The van der Waals surface area contributed by atoms with Gasteiger partial charge in [0.1, 0.15) is 11.0 Å². The number of fused-ring (bicyclic) bond motifs is 1. The van der Waals surface area contributed by atoms with E-state index in [1.165, 1.54) is 11.3 Å². The number of thiophene rings is 1. The first-order valence-electron chi connectivity index (χ1n) is 9.89. The Hall–Kier alpha value is -3.30. The van der Waals surface area contributed by atoms with Crippen LogP contribution in [-0.4, -0.2) is 51.6 Å². The number of carbonyl (C=O) groups is 2. The average molecular weight is 450 g/mol. The van der Waals surface area contributed by atoms with Crippen LogP contribution in [0, 0.1) is 0 Å². The van der Waals surface area contributed by atoms with Gasteiger partial charge >= 0.3 is 0 Å². The van der Waals surface area contributed by atoms with E-state index in [1.807, 2.05) is 46.7 Å². The minimum absolute atomic E-state index is 0.110. The Balaban J connectivity index is 1.19. The van der Waals surface area contributed by atoms with E-state index < -0.39 is 0 Å². The number of anilines is 2.